The molecule has 122 valence electrons. The van der Waals surface area contributed by atoms with Crippen molar-refractivity contribution in [3.05, 3.63) is 47.9 Å². The van der Waals surface area contributed by atoms with E-state index in [9.17, 15) is 4.79 Å². The SMILES string of the molecule is N#Cc1ccc(NC(=O)c2cc(N3CCCCCC3)ncn2)cc1. The number of nitrogens with one attached hydrogen (secondary N) is 1. The Morgan fingerprint density at radius 1 is 1.08 bits per heavy atom. The third kappa shape index (κ3) is 3.87. The van der Waals surface area contributed by atoms with Gasteiger partial charge in [-0.1, -0.05) is 12.8 Å². The topological polar surface area (TPSA) is 81.9 Å². The van der Waals surface area contributed by atoms with Gasteiger partial charge in [-0.25, -0.2) is 9.97 Å². The Labute approximate surface area is 141 Å². The van der Waals surface area contributed by atoms with Crippen molar-refractivity contribution in [2.75, 3.05) is 23.3 Å². The molecule has 24 heavy (non-hydrogen) atoms. The van der Waals surface area contributed by atoms with Crippen LogP contribution in [0.1, 0.15) is 41.7 Å². The summed E-state index contributed by atoms with van der Waals surface area (Å²) in [4.78, 5) is 23.0. The highest BCUT2D eigenvalue weighted by Crippen LogP contribution is 2.18. The van der Waals surface area contributed by atoms with E-state index in [2.05, 4.69) is 20.2 Å². The molecule has 1 fully saturated rings. The number of anilines is 2. The van der Waals surface area contributed by atoms with Crippen molar-refractivity contribution in [3.63, 3.8) is 0 Å². The highest BCUT2D eigenvalue weighted by Gasteiger charge is 2.14. The molecular weight excluding hydrogens is 302 g/mol. The Bertz CT molecular complexity index is 743. The van der Waals surface area contributed by atoms with Crippen molar-refractivity contribution in [2.45, 2.75) is 25.7 Å². The summed E-state index contributed by atoms with van der Waals surface area (Å²) in [6.07, 6.45) is 6.22. The smallest absolute Gasteiger partial charge is 0.274 e. The summed E-state index contributed by atoms with van der Waals surface area (Å²) in [5, 5.41) is 11.6. The van der Waals surface area contributed by atoms with Gasteiger partial charge in [0.15, 0.2) is 0 Å². The average Bonchev–Trinajstić information content (AvgIpc) is 2.92. The first-order valence-electron chi connectivity index (χ1n) is 8.15. The van der Waals surface area contributed by atoms with E-state index in [0.29, 0.717) is 16.9 Å². The minimum Gasteiger partial charge on any atom is -0.357 e. The van der Waals surface area contributed by atoms with Crippen LogP contribution in [0, 0.1) is 11.3 Å². The maximum absolute atomic E-state index is 12.4. The van der Waals surface area contributed by atoms with Gasteiger partial charge in [-0.05, 0) is 37.1 Å². The number of carbonyl (C=O) groups is 1. The summed E-state index contributed by atoms with van der Waals surface area (Å²) in [5.41, 5.74) is 1.53. The first-order chi connectivity index (χ1) is 11.8. The van der Waals surface area contributed by atoms with Crippen LogP contribution in [0.15, 0.2) is 36.7 Å². The zero-order valence-electron chi connectivity index (χ0n) is 13.4. The third-order valence-electron chi connectivity index (χ3n) is 4.09. The van der Waals surface area contributed by atoms with Gasteiger partial charge in [0.2, 0.25) is 0 Å². The molecule has 0 radical (unpaired) electrons. The predicted molar refractivity (Wildman–Crippen MR) is 91.8 cm³/mol. The van der Waals surface area contributed by atoms with Gasteiger partial charge in [0.25, 0.3) is 5.91 Å². The second-order valence-electron chi connectivity index (χ2n) is 5.81. The lowest BCUT2D eigenvalue weighted by atomic mass is 10.2. The molecule has 0 bridgehead atoms. The molecule has 0 saturated carbocycles. The van der Waals surface area contributed by atoms with Crippen LogP contribution in [0.4, 0.5) is 11.5 Å². The van der Waals surface area contributed by atoms with E-state index >= 15 is 0 Å². The fraction of sp³-hybridized carbons (Fsp3) is 0.333. The molecule has 1 aliphatic rings. The van der Waals surface area contributed by atoms with Gasteiger partial charge < -0.3 is 10.2 Å². The van der Waals surface area contributed by atoms with Crippen molar-refractivity contribution in [2.24, 2.45) is 0 Å². The molecule has 0 spiro atoms. The summed E-state index contributed by atoms with van der Waals surface area (Å²) < 4.78 is 0. The first kappa shape index (κ1) is 15.9. The quantitative estimate of drug-likeness (QED) is 0.940. The molecule has 1 amide bonds. The number of amides is 1. The van der Waals surface area contributed by atoms with Gasteiger partial charge in [0.05, 0.1) is 11.6 Å². The summed E-state index contributed by atoms with van der Waals surface area (Å²) in [6.45, 7) is 1.93. The normalized spacial score (nSPS) is 14.5. The monoisotopic (exact) mass is 321 g/mol. The molecule has 2 aromatic rings. The fourth-order valence-electron chi connectivity index (χ4n) is 2.77. The highest BCUT2D eigenvalue weighted by atomic mass is 16.1. The molecule has 3 rings (SSSR count). The number of aromatic nitrogens is 2. The number of rotatable bonds is 3. The average molecular weight is 321 g/mol. The van der Waals surface area contributed by atoms with E-state index in [-0.39, 0.29) is 5.91 Å². The Morgan fingerprint density at radius 2 is 1.79 bits per heavy atom. The minimum absolute atomic E-state index is 0.279. The predicted octanol–water partition coefficient (Wildman–Crippen LogP) is 2.98. The summed E-state index contributed by atoms with van der Waals surface area (Å²) in [7, 11) is 0. The Hall–Kier alpha value is -2.94. The third-order valence-corrected chi connectivity index (χ3v) is 4.09. The molecule has 1 aromatic carbocycles. The lowest BCUT2D eigenvalue weighted by Gasteiger charge is -2.21. The van der Waals surface area contributed by atoms with Gasteiger partial charge in [-0.2, -0.15) is 5.26 Å². The molecule has 1 N–H and O–H groups in total. The van der Waals surface area contributed by atoms with Gasteiger partial charge in [0, 0.05) is 24.8 Å². The van der Waals surface area contributed by atoms with Crippen LogP contribution in [0.25, 0.3) is 0 Å². The Balaban J connectivity index is 1.72. The highest BCUT2D eigenvalue weighted by molar-refractivity contribution is 6.03. The number of carbonyl (C=O) groups excluding carboxylic acids is 1. The zero-order valence-corrected chi connectivity index (χ0v) is 13.4. The van der Waals surface area contributed by atoms with Gasteiger partial charge in [-0.15, -0.1) is 0 Å². The van der Waals surface area contributed by atoms with Crippen molar-refractivity contribution in [1.29, 1.82) is 5.26 Å². The number of nitrogens with zero attached hydrogens (tertiary/aromatic N) is 4. The lowest BCUT2D eigenvalue weighted by molar-refractivity contribution is 0.102. The molecule has 1 saturated heterocycles. The first-order valence-corrected chi connectivity index (χ1v) is 8.15. The fourth-order valence-corrected chi connectivity index (χ4v) is 2.77. The molecule has 0 unspecified atom stereocenters. The second-order valence-corrected chi connectivity index (χ2v) is 5.81. The summed E-state index contributed by atoms with van der Waals surface area (Å²) in [6, 6.07) is 10.5. The van der Waals surface area contributed by atoms with Crippen LogP contribution >= 0.6 is 0 Å². The van der Waals surface area contributed by atoms with Crippen LogP contribution in [0.3, 0.4) is 0 Å². The van der Waals surface area contributed by atoms with Crippen LogP contribution in [-0.4, -0.2) is 29.0 Å². The maximum Gasteiger partial charge on any atom is 0.274 e. The van der Waals surface area contributed by atoms with Crippen LogP contribution in [-0.2, 0) is 0 Å². The largest absolute Gasteiger partial charge is 0.357 e. The van der Waals surface area contributed by atoms with Crippen molar-refractivity contribution < 1.29 is 4.79 Å². The molecule has 2 heterocycles. The minimum atomic E-state index is -0.279. The number of hydrogen-bond donors (Lipinski definition) is 1. The number of nitriles is 1. The van der Waals surface area contributed by atoms with E-state index in [1.165, 1.54) is 19.2 Å². The number of hydrogen-bond acceptors (Lipinski definition) is 5. The molecule has 0 atom stereocenters. The molecular formula is C18H19N5O. The molecule has 6 nitrogen and oxygen atoms in total. The molecule has 0 aliphatic carbocycles. The Morgan fingerprint density at radius 3 is 2.46 bits per heavy atom. The van der Waals surface area contributed by atoms with Crippen LogP contribution in [0.2, 0.25) is 0 Å². The van der Waals surface area contributed by atoms with E-state index in [0.717, 1.165) is 31.7 Å². The Kier molecular flexibility index (Phi) is 5.02. The summed E-state index contributed by atoms with van der Waals surface area (Å²) >= 11 is 0. The van der Waals surface area contributed by atoms with E-state index in [1.807, 2.05) is 6.07 Å². The van der Waals surface area contributed by atoms with E-state index < -0.39 is 0 Å². The van der Waals surface area contributed by atoms with E-state index in [1.54, 1.807) is 30.3 Å². The second kappa shape index (κ2) is 7.55. The van der Waals surface area contributed by atoms with Crippen molar-refractivity contribution in [3.8, 4) is 6.07 Å². The van der Waals surface area contributed by atoms with Crippen molar-refractivity contribution in [1.82, 2.24) is 9.97 Å². The van der Waals surface area contributed by atoms with E-state index in [4.69, 9.17) is 5.26 Å². The number of benzene rings is 1. The van der Waals surface area contributed by atoms with Crippen LogP contribution < -0.4 is 10.2 Å². The molecule has 1 aromatic heterocycles. The molecule has 6 heteroatoms. The van der Waals surface area contributed by atoms with Crippen molar-refractivity contribution >= 4 is 17.4 Å². The van der Waals surface area contributed by atoms with Gasteiger partial charge >= 0.3 is 0 Å². The molecule has 1 aliphatic heterocycles. The van der Waals surface area contributed by atoms with Crippen LogP contribution in [0.5, 0.6) is 0 Å². The summed E-state index contributed by atoms with van der Waals surface area (Å²) in [5.74, 6) is 0.523. The van der Waals surface area contributed by atoms with Gasteiger partial charge in [-0.3, -0.25) is 4.79 Å². The maximum atomic E-state index is 12.4. The van der Waals surface area contributed by atoms with Gasteiger partial charge in [0.1, 0.15) is 17.8 Å². The lowest BCUT2D eigenvalue weighted by Crippen LogP contribution is -2.25. The standard InChI is InChI=1S/C18H19N5O/c19-12-14-5-7-15(8-6-14)22-18(24)16-11-17(21-13-20-16)23-9-3-1-2-4-10-23/h5-8,11,13H,1-4,9-10H2,(H,22,24). The zero-order chi connectivity index (χ0) is 16.8.